The van der Waals surface area contributed by atoms with Gasteiger partial charge in [0.05, 0.1) is 18.5 Å². The molecule has 0 N–H and O–H groups in total. The molecule has 0 spiro atoms. The topological polar surface area (TPSA) is 41.6 Å². The highest BCUT2D eigenvalue weighted by atomic mass is 19.4. The Hall–Kier alpha value is -1.51. The summed E-state index contributed by atoms with van der Waals surface area (Å²) in [4.78, 5) is 0. The van der Waals surface area contributed by atoms with E-state index in [2.05, 4.69) is 5.10 Å². The van der Waals surface area contributed by atoms with Crippen molar-refractivity contribution in [3.8, 4) is 6.07 Å². The number of alkyl halides is 3. The van der Waals surface area contributed by atoms with Crippen LogP contribution in [0.15, 0.2) is 6.07 Å². The molecule has 15 heavy (non-hydrogen) atoms. The van der Waals surface area contributed by atoms with E-state index in [1.807, 2.05) is 6.07 Å². The van der Waals surface area contributed by atoms with Crippen molar-refractivity contribution in [2.45, 2.75) is 26.6 Å². The van der Waals surface area contributed by atoms with E-state index in [1.54, 1.807) is 6.92 Å². The van der Waals surface area contributed by atoms with Gasteiger partial charge in [-0.25, -0.2) is 0 Å². The summed E-state index contributed by atoms with van der Waals surface area (Å²) in [6, 6.07) is 2.92. The molecule has 3 nitrogen and oxygen atoms in total. The van der Waals surface area contributed by atoms with Gasteiger partial charge in [-0.15, -0.1) is 0 Å². The minimum atomic E-state index is -4.42. The zero-order valence-electron chi connectivity index (χ0n) is 8.34. The van der Waals surface area contributed by atoms with Gasteiger partial charge in [-0.3, -0.25) is 4.68 Å². The molecule has 0 aliphatic rings. The molecule has 0 aromatic carbocycles. The molecule has 1 aromatic rings. The van der Waals surface area contributed by atoms with E-state index >= 15 is 0 Å². The fraction of sp³-hybridized carbons (Fsp3) is 0.556. The Labute approximate surface area is 85.1 Å². The van der Waals surface area contributed by atoms with E-state index in [0.717, 1.165) is 6.07 Å². The van der Waals surface area contributed by atoms with Crippen molar-refractivity contribution in [3.63, 3.8) is 0 Å². The van der Waals surface area contributed by atoms with Crippen LogP contribution in [0.1, 0.15) is 18.3 Å². The summed E-state index contributed by atoms with van der Waals surface area (Å²) >= 11 is 0. The third kappa shape index (κ3) is 2.72. The Morgan fingerprint density at radius 1 is 1.60 bits per heavy atom. The SMILES string of the molecule is Cc1cc(C(F)(F)F)nn1C[C@H](C)C#N. The average Bonchev–Trinajstić information content (AvgIpc) is 2.47. The van der Waals surface area contributed by atoms with Crippen molar-refractivity contribution in [3.05, 3.63) is 17.5 Å². The Kier molecular flexibility index (Phi) is 3.03. The standard InChI is InChI=1S/C9H10F3N3/c1-6(4-13)5-15-7(2)3-8(14-15)9(10,11)12/h3,6H,5H2,1-2H3/t6-/m1/s1. The molecule has 1 atom stereocenters. The van der Waals surface area contributed by atoms with Gasteiger partial charge < -0.3 is 0 Å². The van der Waals surface area contributed by atoms with Gasteiger partial charge in [-0.05, 0) is 19.9 Å². The molecule has 0 saturated heterocycles. The molecule has 1 heterocycles. The molecule has 0 aliphatic carbocycles. The van der Waals surface area contributed by atoms with Gasteiger partial charge >= 0.3 is 6.18 Å². The van der Waals surface area contributed by atoms with Gasteiger partial charge in [-0.1, -0.05) is 0 Å². The van der Waals surface area contributed by atoms with Crippen LogP contribution in [0.5, 0.6) is 0 Å². The van der Waals surface area contributed by atoms with Gasteiger partial charge in [0.15, 0.2) is 5.69 Å². The van der Waals surface area contributed by atoms with Gasteiger partial charge in [0, 0.05) is 5.69 Å². The highest BCUT2D eigenvalue weighted by Crippen LogP contribution is 2.28. The number of hydrogen-bond donors (Lipinski definition) is 0. The summed E-state index contributed by atoms with van der Waals surface area (Å²) in [6.07, 6.45) is -4.42. The van der Waals surface area contributed by atoms with Crippen LogP contribution in [0.2, 0.25) is 0 Å². The first-order chi connectivity index (χ1) is 6.84. The first-order valence-corrected chi connectivity index (χ1v) is 4.36. The fourth-order valence-electron chi connectivity index (χ4n) is 1.13. The average molecular weight is 217 g/mol. The first kappa shape index (κ1) is 11.6. The van der Waals surface area contributed by atoms with Crippen molar-refractivity contribution in [2.24, 2.45) is 5.92 Å². The highest BCUT2D eigenvalue weighted by Gasteiger charge is 2.34. The van der Waals surface area contributed by atoms with E-state index < -0.39 is 11.9 Å². The number of hydrogen-bond acceptors (Lipinski definition) is 2. The molecule has 0 saturated carbocycles. The summed E-state index contributed by atoms with van der Waals surface area (Å²) < 4.78 is 38.0. The van der Waals surface area contributed by atoms with Crippen LogP contribution in [0.25, 0.3) is 0 Å². The molecule has 0 bridgehead atoms. The van der Waals surface area contributed by atoms with Crippen molar-refractivity contribution >= 4 is 0 Å². The normalized spacial score (nSPS) is 13.6. The second kappa shape index (κ2) is 3.93. The van der Waals surface area contributed by atoms with E-state index in [4.69, 9.17) is 5.26 Å². The van der Waals surface area contributed by atoms with Crippen LogP contribution in [-0.2, 0) is 12.7 Å². The first-order valence-electron chi connectivity index (χ1n) is 4.36. The van der Waals surface area contributed by atoms with Crippen molar-refractivity contribution < 1.29 is 13.2 Å². The van der Waals surface area contributed by atoms with E-state index in [0.29, 0.717) is 5.69 Å². The largest absolute Gasteiger partial charge is 0.435 e. The van der Waals surface area contributed by atoms with E-state index in [-0.39, 0.29) is 12.5 Å². The Bertz CT molecular complexity index is 386. The van der Waals surface area contributed by atoms with Crippen LogP contribution in [0, 0.1) is 24.2 Å². The third-order valence-electron chi connectivity index (χ3n) is 1.94. The monoisotopic (exact) mass is 217 g/mol. The lowest BCUT2D eigenvalue weighted by Crippen LogP contribution is -2.11. The van der Waals surface area contributed by atoms with Crippen LogP contribution in [0.4, 0.5) is 13.2 Å². The zero-order valence-corrected chi connectivity index (χ0v) is 8.34. The Balaban J connectivity index is 2.93. The van der Waals surface area contributed by atoms with Crippen LogP contribution < -0.4 is 0 Å². The minimum absolute atomic E-state index is 0.179. The van der Waals surface area contributed by atoms with Crippen molar-refractivity contribution in [1.29, 1.82) is 5.26 Å². The second-order valence-electron chi connectivity index (χ2n) is 3.38. The molecule has 6 heteroatoms. The summed E-state index contributed by atoms with van der Waals surface area (Å²) in [5.74, 6) is -0.357. The number of nitriles is 1. The smallest absolute Gasteiger partial charge is 0.268 e. The van der Waals surface area contributed by atoms with E-state index in [1.165, 1.54) is 11.6 Å². The number of aryl methyl sites for hydroxylation is 1. The quantitative estimate of drug-likeness (QED) is 0.763. The summed E-state index contributed by atoms with van der Waals surface area (Å²) in [7, 11) is 0. The molecule has 0 fully saturated rings. The van der Waals surface area contributed by atoms with Crippen molar-refractivity contribution in [1.82, 2.24) is 9.78 Å². The minimum Gasteiger partial charge on any atom is -0.268 e. The Morgan fingerprint density at radius 3 is 2.60 bits per heavy atom. The molecule has 0 radical (unpaired) electrons. The van der Waals surface area contributed by atoms with Gasteiger partial charge in [0.2, 0.25) is 0 Å². The van der Waals surface area contributed by atoms with Crippen molar-refractivity contribution in [2.75, 3.05) is 0 Å². The molecule has 1 rings (SSSR count). The number of nitrogens with zero attached hydrogens (tertiary/aromatic N) is 3. The van der Waals surface area contributed by atoms with Crippen LogP contribution in [0.3, 0.4) is 0 Å². The molecule has 0 aliphatic heterocycles. The summed E-state index contributed by atoms with van der Waals surface area (Å²) in [6.45, 7) is 3.35. The van der Waals surface area contributed by atoms with Gasteiger partial charge in [0.1, 0.15) is 0 Å². The number of rotatable bonds is 2. The van der Waals surface area contributed by atoms with Crippen LogP contribution >= 0.6 is 0 Å². The summed E-state index contributed by atoms with van der Waals surface area (Å²) in [5, 5.41) is 11.9. The van der Waals surface area contributed by atoms with E-state index in [9.17, 15) is 13.2 Å². The molecule has 0 amide bonds. The maximum absolute atomic E-state index is 12.3. The highest BCUT2D eigenvalue weighted by molar-refractivity contribution is 5.11. The molecular formula is C9H10F3N3. The lowest BCUT2D eigenvalue weighted by atomic mass is 10.2. The van der Waals surface area contributed by atoms with Gasteiger partial charge in [0.25, 0.3) is 0 Å². The Morgan fingerprint density at radius 2 is 2.20 bits per heavy atom. The summed E-state index contributed by atoms with van der Waals surface area (Å²) in [5.41, 5.74) is -0.505. The maximum atomic E-state index is 12.3. The third-order valence-corrected chi connectivity index (χ3v) is 1.94. The number of halogens is 3. The number of aromatic nitrogens is 2. The molecule has 1 aromatic heterocycles. The lowest BCUT2D eigenvalue weighted by molar-refractivity contribution is -0.141. The predicted octanol–water partition coefficient (Wildman–Crippen LogP) is 2.37. The fourth-order valence-corrected chi connectivity index (χ4v) is 1.13. The zero-order chi connectivity index (χ0) is 11.6. The van der Waals surface area contributed by atoms with Crippen LogP contribution in [-0.4, -0.2) is 9.78 Å². The van der Waals surface area contributed by atoms with Gasteiger partial charge in [-0.2, -0.15) is 23.5 Å². The molecule has 0 unspecified atom stereocenters. The molecular weight excluding hydrogens is 207 g/mol. The lowest BCUT2D eigenvalue weighted by Gasteiger charge is -2.05. The second-order valence-corrected chi connectivity index (χ2v) is 3.38. The maximum Gasteiger partial charge on any atom is 0.435 e. The molecule has 82 valence electrons. The predicted molar refractivity (Wildman–Crippen MR) is 46.7 cm³/mol.